The van der Waals surface area contributed by atoms with Crippen molar-refractivity contribution in [3.63, 3.8) is 0 Å². The van der Waals surface area contributed by atoms with E-state index in [9.17, 15) is 9.50 Å². The van der Waals surface area contributed by atoms with Gasteiger partial charge in [0, 0.05) is 31.7 Å². The van der Waals surface area contributed by atoms with Gasteiger partial charge in [-0.15, -0.1) is 0 Å². The first kappa shape index (κ1) is 13.8. The molecule has 2 aliphatic rings. The first-order chi connectivity index (χ1) is 9.70. The number of hydrogen-bond acceptors (Lipinski definition) is 3. The summed E-state index contributed by atoms with van der Waals surface area (Å²) in [4.78, 5) is 4.99. The SMILES string of the molecule is Oc1cc(F)cc(CN2CCC(N3CCCCC3)C2)c1. The van der Waals surface area contributed by atoms with Crippen LogP contribution >= 0.6 is 0 Å². The highest BCUT2D eigenvalue weighted by Gasteiger charge is 2.28. The van der Waals surface area contributed by atoms with Crippen LogP contribution in [0.15, 0.2) is 18.2 Å². The summed E-state index contributed by atoms with van der Waals surface area (Å²) >= 11 is 0. The van der Waals surface area contributed by atoms with Crippen molar-refractivity contribution in [1.82, 2.24) is 9.80 Å². The number of likely N-dealkylation sites (tertiary alicyclic amines) is 2. The monoisotopic (exact) mass is 278 g/mol. The summed E-state index contributed by atoms with van der Waals surface area (Å²) < 4.78 is 13.3. The maximum atomic E-state index is 13.3. The Balaban J connectivity index is 1.57. The van der Waals surface area contributed by atoms with Gasteiger partial charge < -0.3 is 5.11 Å². The molecule has 0 aliphatic carbocycles. The van der Waals surface area contributed by atoms with Crippen molar-refractivity contribution >= 4 is 0 Å². The van der Waals surface area contributed by atoms with Crippen LogP contribution in [-0.2, 0) is 6.54 Å². The summed E-state index contributed by atoms with van der Waals surface area (Å²) in [5, 5.41) is 9.46. The molecule has 2 aliphatic heterocycles. The molecule has 0 radical (unpaired) electrons. The fourth-order valence-corrected chi connectivity index (χ4v) is 3.52. The van der Waals surface area contributed by atoms with Crippen molar-refractivity contribution in [2.45, 2.75) is 38.3 Å². The van der Waals surface area contributed by atoms with Gasteiger partial charge in [-0.05, 0) is 50.0 Å². The highest BCUT2D eigenvalue weighted by molar-refractivity contribution is 5.28. The smallest absolute Gasteiger partial charge is 0.127 e. The number of aromatic hydroxyl groups is 1. The minimum absolute atomic E-state index is 0.0202. The van der Waals surface area contributed by atoms with Crippen molar-refractivity contribution in [2.75, 3.05) is 26.2 Å². The maximum Gasteiger partial charge on any atom is 0.127 e. The normalized spacial score (nSPS) is 25.1. The number of benzene rings is 1. The maximum absolute atomic E-state index is 13.3. The number of nitrogens with zero attached hydrogens (tertiary/aromatic N) is 2. The van der Waals surface area contributed by atoms with E-state index in [0.29, 0.717) is 6.04 Å². The number of phenols is 1. The van der Waals surface area contributed by atoms with Crippen LogP contribution in [0, 0.1) is 5.82 Å². The second-order valence-corrected chi connectivity index (χ2v) is 6.09. The van der Waals surface area contributed by atoms with Gasteiger partial charge in [-0.2, -0.15) is 0 Å². The number of rotatable bonds is 3. The fraction of sp³-hybridized carbons (Fsp3) is 0.625. The first-order valence-corrected chi connectivity index (χ1v) is 7.65. The molecule has 2 heterocycles. The van der Waals surface area contributed by atoms with Crippen LogP contribution in [0.4, 0.5) is 4.39 Å². The zero-order valence-electron chi connectivity index (χ0n) is 11.9. The Hall–Kier alpha value is -1.13. The van der Waals surface area contributed by atoms with Gasteiger partial charge >= 0.3 is 0 Å². The molecule has 1 atom stereocenters. The third-order valence-corrected chi connectivity index (χ3v) is 4.50. The van der Waals surface area contributed by atoms with Gasteiger partial charge in [-0.1, -0.05) is 6.42 Å². The Morgan fingerprint density at radius 1 is 1.10 bits per heavy atom. The molecule has 3 rings (SSSR count). The van der Waals surface area contributed by atoms with Gasteiger partial charge in [-0.3, -0.25) is 9.80 Å². The van der Waals surface area contributed by atoms with Crippen molar-refractivity contribution < 1.29 is 9.50 Å². The van der Waals surface area contributed by atoms with Gasteiger partial charge in [0.05, 0.1) is 0 Å². The van der Waals surface area contributed by atoms with Gasteiger partial charge in [0.2, 0.25) is 0 Å². The first-order valence-electron chi connectivity index (χ1n) is 7.65. The van der Waals surface area contributed by atoms with E-state index in [2.05, 4.69) is 9.80 Å². The molecule has 1 aromatic carbocycles. The minimum atomic E-state index is -0.355. The molecular formula is C16H23FN2O. The van der Waals surface area contributed by atoms with Gasteiger partial charge in [0.15, 0.2) is 0 Å². The van der Waals surface area contributed by atoms with Crippen molar-refractivity contribution in [3.8, 4) is 5.75 Å². The average molecular weight is 278 g/mol. The molecule has 2 saturated heterocycles. The van der Waals surface area contributed by atoms with E-state index in [-0.39, 0.29) is 11.6 Å². The summed E-state index contributed by atoms with van der Waals surface area (Å²) in [5.74, 6) is -0.335. The van der Waals surface area contributed by atoms with Crippen LogP contribution < -0.4 is 0 Å². The van der Waals surface area contributed by atoms with Gasteiger partial charge in [0.25, 0.3) is 0 Å². The third kappa shape index (κ3) is 3.30. The summed E-state index contributed by atoms with van der Waals surface area (Å²) in [5.41, 5.74) is 0.863. The van der Waals surface area contributed by atoms with E-state index in [1.54, 1.807) is 6.07 Å². The van der Waals surface area contributed by atoms with Crippen molar-refractivity contribution in [2.24, 2.45) is 0 Å². The molecule has 110 valence electrons. The lowest BCUT2D eigenvalue weighted by molar-refractivity contribution is 0.161. The van der Waals surface area contributed by atoms with E-state index >= 15 is 0 Å². The predicted molar refractivity (Wildman–Crippen MR) is 77.2 cm³/mol. The number of piperidine rings is 1. The molecule has 2 fully saturated rings. The van der Waals surface area contributed by atoms with Gasteiger partial charge in [-0.25, -0.2) is 4.39 Å². The Morgan fingerprint density at radius 2 is 1.90 bits per heavy atom. The van der Waals surface area contributed by atoms with E-state index in [4.69, 9.17) is 0 Å². The molecule has 1 aromatic rings. The van der Waals surface area contributed by atoms with Crippen LogP contribution in [0.5, 0.6) is 5.75 Å². The summed E-state index contributed by atoms with van der Waals surface area (Å²) in [6, 6.07) is 5.01. The van der Waals surface area contributed by atoms with Crippen molar-refractivity contribution in [3.05, 3.63) is 29.6 Å². The molecule has 0 spiro atoms. The van der Waals surface area contributed by atoms with Crippen LogP contribution in [0.25, 0.3) is 0 Å². The lowest BCUT2D eigenvalue weighted by Gasteiger charge is -2.32. The van der Waals surface area contributed by atoms with Crippen LogP contribution in [0.1, 0.15) is 31.2 Å². The molecule has 1 unspecified atom stereocenters. The van der Waals surface area contributed by atoms with E-state index in [1.165, 1.54) is 44.8 Å². The fourth-order valence-electron chi connectivity index (χ4n) is 3.52. The Morgan fingerprint density at radius 3 is 2.65 bits per heavy atom. The topological polar surface area (TPSA) is 26.7 Å². The molecule has 0 bridgehead atoms. The Bertz CT molecular complexity index is 440. The predicted octanol–water partition coefficient (Wildman–Crippen LogP) is 2.59. The molecule has 1 N–H and O–H groups in total. The summed E-state index contributed by atoms with van der Waals surface area (Å²) in [6.45, 7) is 5.34. The van der Waals surface area contributed by atoms with Crippen molar-refractivity contribution in [1.29, 1.82) is 0 Å². The van der Waals surface area contributed by atoms with E-state index < -0.39 is 0 Å². The average Bonchev–Trinajstić information content (AvgIpc) is 2.87. The lowest BCUT2D eigenvalue weighted by atomic mass is 10.1. The van der Waals surface area contributed by atoms with E-state index in [0.717, 1.165) is 31.3 Å². The number of phenolic OH excluding ortho intramolecular Hbond substituents is 1. The second kappa shape index (κ2) is 6.10. The quantitative estimate of drug-likeness (QED) is 0.920. The molecule has 0 aromatic heterocycles. The summed E-state index contributed by atoms with van der Waals surface area (Å²) in [7, 11) is 0. The minimum Gasteiger partial charge on any atom is -0.508 e. The largest absolute Gasteiger partial charge is 0.508 e. The molecule has 0 amide bonds. The lowest BCUT2D eigenvalue weighted by Crippen LogP contribution is -2.40. The van der Waals surface area contributed by atoms with E-state index in [1.807, 2.05) is 0 Å². The molecular weight excluding hydrogens is 255 g/mol. The molecule has 0 saturated carbocycles. The Labute approximate surface area is 120 Å². The standard InChI is InChI=1S/C16H23FN2O/c17-14-8-13(9-16(20)10-14)11-18-7-4-15(12-18)19-5-2-1-3-6-19/h8-10,15,20H,1-7,11-12H2. The van der Waals surface area contributed by atoms with Gasteiger partial charge in [0.1, 0.15) is 11.6 Å². The Kier molecular flexibility index (Phi) is 4.22. The number of halogens is 1. The van der Waals surface area contributed by atoms with Crippen LogP contribution in [0.2, 0.25) is 0 Å². The zero-order valence-corrected chi connectivity index (χ0v) is 11.9. The summed E-state index contributed by atoms with van der Waals surface area (Å²) in [6.07, 6.45) is 5.24. The highest BCUT2D eigenvalue weighted by atomic mass is 19.1. The molecule has 3 nitrogen and oxygen atoms in total. The molecule has 20 heavy (non-hydrogen) atoms. The zero-order chi connectivity index (χ0) is 13.9. The molecule has 4 heteroatoms. The highest BCUT2D eigenvalue weighted by Crippen LogP contribution is 2.23. The second-order valence-electron chi connectivity index (χ2n) is 6.09. The van der Waals surface area contributed by atoms with Crippen LogP contribution in [-0.4, -0.2) is 47.1 Å². The van der Waals surface area contributed by atoms with Crippen LogP contribution in [0.3, 0.4) is 0 Å². The third-order valence-electron chi connectivity index (χ3n) is 4.50. The number of hydrogen-bond donors (Lipinski definition) is 1.